The molecular formula is C30H31Cl2NO5. The molecule has 3 aromatic rings. The Morgan fingerprint density at radius 3 is 2.13 bits per heavy atom. The lowest BCUT2D eigenvalue weighted by atomic mass is 9.99. The van der Waals surface area contributed by atoms with Gasteiger partial charge in [0.05, 0.1) is 7.11 Å². The Morgan fingerprint density at radius 1 is 0.921 bits per heavy atom. The minimum atomic E-state index is -1.26. The maximum Gasteiger partial charge on any atom is 0.328 e. The van der Waals surface area contributed by atoms with Crippen molar-refractivity contribution < 1.29 is 24.5 Å². The molecule has 0 aromatic heterocycles. The van der Waals surface area contributed by atoms with Crippen molar-refractivity contribution in [2.24, 2.45) is 0 Å². The summed E-state index contributed by atoms with van der Waals surface area (Å²) in [5.41, 5.74) is 4.62. The molecule has 1 unspecified atom stereocenters. The van der Waals surface area contributed by atoms with Crippen LogP contribution >= 0.6 is 23.2 Å². The molecule has 38 heavy (non-hydrogen) atoms. The van der Waals surface area contributed by atoms with Crippen LogP contribution in [0.3, 0.4) is 0 Å². The number of carboxylic acid groups (broad SMARTS) is 2. The second kappa shape index (κ2) is 16.3. The van der Waals surface area contributed by atoms with Gasteiger partial charge in [-0.15, -0.1) is 0 Å². The fraction of sp³-hybridized carbons (Fsp3) is 0.200. The van der Waals surface area contributed by atoms with E-state index in [0.717, 1.165) is 40.7 Å². The van der Waals surface area contributed by atoms with Gasteiger partial charge in [-0.2, -0.15) is 0 Å². The molecule has 0 saturated heterocycles. The van der Waals surface area contributed by atoms with Crippen LogP contribution in [0, 0.1) is 0 Å². The number of benzene rings is 3. The predicted octanol–water partition coefficient (Wildman–Crippen LogP) is 6.65. The highest BCUT2D eigenvalue weighted by atomic mass is 35.5. The molecule has 8 heteroatoms. The first-order chi connectivity index (χ1) is 18.2. The molecule has 0 radical (unpaired) electrons. The first kappa shape index (κ1) is 30.6. The molecule has 0 aliphatic rings. The molecule has 0 bridgehead atoms. The van der Waals surface area contributed by atoms with E-state index in [1.54, 1.807) is 7.11 Å². The minimum absolute atomic E-state index is 0.294. The fourth-order valence-electron chi connectivity index (χ4n) is 3.56. The standard InChI is InChI=1S/C26H27Cl2NO.C4H4O4/c1-19(29-16-15-24-25(27)9-6-10-26(24)28)17-22-18-23(30-2)14-13-21(22)12-11-20-7-4-3-5-8-20;5-3(6)1-2-4(7)8/h3-14,18-19,29H,15-17H2,1-2H3;1-2H,(H,5,6)(H,7,8). The van der Waals surface area contributed by atoms with E-state index in [4.69, 9.17) is 38.2 Å². The third kappa shape index (κ3) is 11.2. The monoisotopic (exact) mass is 555 g/mol. The molecule has 3 aromatic carbocycles. The number of hydrogen-bond donors (Lipinski definition) is 3. The van der Waals surface area contributed by atoms with Crippen LogP contribution < -0.4 is 10.1 Å². The molecule has 0 aliphatic heterocycles. The van der Waals surface area contributed by atoms with E-state index in [-0.39, 0.29) is 0 Å². The Kier molecular flexibility index (Phi) is 13.1. The topological polar surface area (TPSA) is 95.9 Å². The first-order valence-electron chi connectivity index (χ1n) is 11.9. The van der Waals surface area contributed by atoms with E-state index in [0.29, 0.717) is 18.2 Å². The summed E-state index contributed by atoms with van der Waals surface area (Å²) in [6.07, 6.45) is 7.11. The molecule has 200 valence electrons. The number of methoxy groups -OCH3 is 1. The number of carboxylic acids is 2. The number of aliphatic carboxylic acids is 2. The van der Waals surface area contributed by atoms with Gasteiger partial charge in [0, 0.05) is 28.2 Å². The van der Waals surface area contributed by atoms with Crippen molar-refractivity contribution in [1.82, 2.24) is 5.32 Å². The van der Waals surface area contributed by atoms with E-state index >= 15 is 0 Å². The number of ether oxygens (including phenoxy) is 1. The Morgan fingerprint density at radius 2 is 1.55 bits per heavy atom. The lowest BCUT2D eigenvalue weighted by Crippen LogP contribution is -2.30. The van der Waals surface area contributed by atoms with Gasteiger partial charge in [0.15, 0.2) is 0 Å². The van der Waals surface area contributed by atoms with E-state index in [1.165, 1.54) is 16.7 Å². The Labute approximate surface area is 233 Å². The molecule has 0 fully saturated rings. The summed E-state index contributed by atoms with van der Waals surface area (Å²) < 4.78 is 5.45. The first-order valence-corrected chi connectivity index (χ1v) is 12.7. The van der Waals surface area contributed by atoms with Crippen LogP contribution in [-0.4, -0.2) is 41.8 Å². The second-order valence-electron chi connectivity index (χ2n) is 8.33. The lowest BCUT2D eigenvalue weighted by Gasteiger charge is -2.17. The Bertz CT molecular complexity index is 1220. The summed E-state index contributed by atoms with van der Waals surface area (Å²) >= 11 is 12.6. The normalized spacial score (nSPS) is 11.7. The predicted molar refractivity (Wildman–Crippen MR) is 154 cm³/mol. The highest BCUT2D eigenvalue weighted by Gasteiger charge is 2.10. The lowest BCUT2D eigenvalue weighted by molar-refractivity contribution is -0.134. The van der Waals surface area contributed by atoms with Crippen molar-refractivity contribution in [3.8, 4) is 5.75 Å². The Hall–Kier alpha value is -3.58. The molecule has 0 aliphatic carbocycles. The number of carbonyl (C=O) groups is 2. The quantitative estimate of drug-likeness (QED) is 0.181. The maximum atomic E-state index is 9.55. The largest absolute Gasteiger partial charge is 0.497 e. The van der Waals surface area contributed by atoms with E-state index in [2.05, 4.69) is 48.7 Å². The molecule has 0 amide bonds. The van der Waals surface area contributed by atoms with Crippen molar-refractivity contribution in [1.29, 1.82) is 0 Å². The fourth-order valence-corrected chi connectivity index (χ4v) is 4.14. The van der Waals surface area contributed by atoms with Crippen molar-refractivity contribution in [3.63, 3.8) is 0 Å². The van der Waals surface area contributed by atoms with Gasteiger partial charge in [-0.3, -0.25) is 0 Å². The molecule has 6 nitrogen and oxygen atoms in total. The van der Waals surface area contributed by atoms with E-state index < -0.39 is 11.9 Å². The molecule has 0 heterocycles. The van der Waals surface area contributed by atoms with Gasteiger partial charge < -0.3 is 20.3 Å². The van der Waals surface area contributed by atoms with Gasteiger partial charge in [0.25, 0.3) is 0 Å². The smallest absolute Gasteiger partial charge is 0.328 e. The van der Waals surface area contributed by atoms with Gasteiger partial charge in [0.2, 0.25) is 0 Å². The van der Waals surface area contributed by atoms with Crippen LogP contribution in [0.25, 0.3) is 12.2 Å². The van der Waals surface area contributed by atoms with Crippen molar-refractivity contribution in [2.75, 3.05) is 13.7 Å². The van der Waals surface area contributed by atoms with Gasteiger partial charge in [-0.05, 0) is 72.8 Å². The summed E-state index contributed by atoms with van der Waals surface area (Å²) in [5.74, 6) is -1.64. The van der Waals surface area contributed by atoms with Crippen LogP contribution in [0.2, 0.25) is 10.0 Å². The molecule has 0 spiro atoms. The average molecular weight is 556 g/mol. The summed E-state index contributed by atoms with van der Waals surface area (Å²) in [6.45, 7) is 3.00. The Balaban J connectivity index is 0.000000550. The van der Waals surface area contributed by atoms with Crippen LogP contribution in [0.5, 0.6) is 5.75 Å². The SMILES string of the molecule is COc1ccc(C=Cc2ccccc2)c(CC(C)NCCc2c(Cl)cccc2Cl)c1.O=C(O)C=CC(=O)O. The highest BCUT2D eigenvalue weighted by molar-refractivity contribution is 6.36. The summed E-state index contributed by atoms with van der Waals surface area (Å²) in [4.78, 5) is 19.1. The van der Waals surface area contributed by atoms with Crippen LogP contribution in [0.1, 0.15) is 29.2 Å². The summed E-state index contributed by atoms with van der Waals surface area (Å²) in [5, 5.41) is 20.7. The van der Waals surface area contributed by atoms with Crippen molar-refractivity contribution >= 4 is 47.3 Å². The van der Waals surface area contributed by atoms with E-state index in [1.807, 2.05) is 42.5 Å². The maximum absolute atomic E-state index is 9.55. The number of hydrogen-bond acceptors (Lipinski definition) is 4. The third-order valence-corrected chi connectivity index (χ3v) is 6.14. The van der Waals surface area contributed by atoms with Gasteiger partial charge in [-0.25, -0.2) is 9.59 Å². The van der Waals surface area contributed by atoms with E-state index in [9.17, 15) is 9.59 Å². The zero-order valence-corrected chi connectivity index (χ0v) is 22.7. The molecule has 0 saturated carbocycles. The van der Waals surface area contributed by atoms with Crippen molar-refractivity contribution in [2.45, 2.75) is 25.8 Å². The number of rotatable bonds is 11. The zero-order chi connectivity index (χ0) is 27.9. The molecule has 1 atom stereocenters. The van der Waals surface area contributed by atoms with Gasteiger partial charge >= 0.3 is 11.9 Å². The molecular weight excluding hydrogens is 525 g/mol. The van der Waals surface area contributed by atoms with Gasteiger partial charge in [-0.1, -0.05) is 77.8 Å². The molecule has 3 rings (SSSR count). The summed E-state index contributed by atoms with van der Waals surface area (Å²) in [7, 11) is 1.70. The summed E-state index contributed by atoms with van der Waals surface area (Å²) in [6, 6.07) is 22.5. The zero-order valence-electron chi connectivity index (χ0n) is 21.2. The second-order valence-corrected chi connectivity index (χ2v) is 9.14. The van der Waals surface area contributed by atoms with Crippen LogP contribution in [0.4, 0.5) is 0 Å². The number of nitrogens with one attached hydrogen (secondary N) is 1. The van der Waals surface area contributed by atoms with Gasteiger partial charge in [0.1, 0.15) is 5.75 Å². The van der Waals surface area contributed by atoms with Crippen molar-refractivity contribution in [3.05, 3.63) is 111 Å². The average Bonchev–Trinajstić information content (AvgIpc) is 2.89. The van der Waals surface area contributed by atoms with Crippen LogP contribution in [0.15, 0.2) is 78.9 Å². The third-order valence-electron chi connectivity index (χ3n) is 5.43. The minimum Gasteiger partial charge on any atom is -0.497 e. The van der Waals surface area contributed by atoms with Crippen LogP contribution in [-0.2, 0) is 22.4 Å². The molecule has 3 N–H and O–H groups in total. The highest BCUT2D eigenvalue weighted by Crippen LogP contribution is 2.25. The number of halogens is 2.